The molecule has 0 fully saturated rings. The number of aryl methyl sites for hydroxylation is 1. The molecule has 1 atom stereocenters. The second kappa shape index (κ2) is 6.08. The first-order chi connectivity index (χ1) is 10.8. The molecule has 1 unspecified atom stereocenters. The molecule has 120 valence electrons. The van der Waals surface area contributed by atoms with E-state index in [1.807, 2.05) is 38.1 Å². The largest absolute Gasteiger partial charge is 0.366 e. The van der Waals surface area contributed by atoms with Crippen molar-refractivity contribution >= 4 is 11.8 Å². The molecular weight excluding hydrogens is 294 g/mol. The summed E-state index contributed by atoms with van der Waals surface area (Å²) < 4.78 is 1.33. The Morgan fingerprint density at radius 3 is 2.22 bits per heavy atom. The van der Waals surface area contributed by atoms with Crippen molar-refractivity contribution in [3.63, 3.8) is 0 Å². The first-order valence-corrected chi connectivity index (χ1v) is 7.16. The molecule has 2 amide bonds. The van der Waals surface area contributed by atoms with Crippen molar-refractivity contribution in [2.24, 2.45) is 11.5 Å². The highest BCUT2D eigenvalue weighted by molar-refractivity contribution is 6.00. The molecule has 2 aromatic rings. The maximum atomic E-state index is 12.6. The Labute approximate surface area is 133 Å². The summed E-state index contributed by atoms with van der Waals surface area (Å²) in [5.74, 6) is -1.59. The van der Waals surface area contributed by atoms with Crippen LogP contribution < -0.4 is 17.0 Å². The average Bonchev–Trinajstić information content (AvgIpc) is 2.46. The summed E-state index contributed by atoms with van der Waals surface area (Å²) in [6, 6.07) is 7.20. The maximum absolute atomic E-state index is 12.6. The fourth-order valence-corrected chi connectivity index (χ4v) is 2.75. The smallest absolute Gasteiger partial charge is 0.264 e. The highest BCUT2D eigenvalue weighted by atomic mass is 16.2. The number of hydrogen-bond acceptors (Lipinski definition) is 3. The molecule has 0 saturated heterocycles. The predicted molar refractivity (Wildman–Crippen MR) is 87.5 cm³/mol. The van der Waals surface area contributed by atoms with E-state index in [0.29, 0.717) is 0 Å². The van der Waals surface area contributed by atoms with Gasteiger partial charge in [0.1, 0.15) is 5.56 Å². The molecular formula is C17H19N3O3. The number of aromatic nitrogens is 1. The van der Waals surface area contributed by atoms with Crippen LogP contribution in [0.2, 0.25) is 0 Å². The molecule has 0 radical (unpaired) electrons. The molecule has 0 saturated carbocycles. The van der Waals surface area contributed by atoms with Crippen molar-refractivity contribution in [2.45, 2.75) is 26.8 Å². The maximum Gasteiger partial charge on any atom is 0.264 e. The summed E-state index contributed by atoms with van der Waals surface area (Å²) in [4.78, 5) is 35.9. The van der Waals surface area contributed by atoms with Crippen LogP contribution in [-0.2, 0) is 0 Å². The van der Waals surface area contributed by atoms with Gasteiger partial charge in [0.15, 0.2) is 0 Å². The predicted octanol–water partition coefficient (Wildman–Crippen LogP) is 1.27. The Bertz CT molecular complexity index is 853. The lowest BCUT2D eigenvalue weighted by Gasteiger charge is -2.20. The number of amides is 2. The summed E-state index contributed by atoms with van der Waals surface area (Å²) in [7, 11) is 0. The van der Waals surface area contributed by atoms with Crippen LogP contribution in [0.25, 0.3) is 0 Å². The lowest BCUT2D eigenvalue weighted by atomic mass is 10.00. The number of primary amides is 2. The minimum atomic E-state index is -0.874. The minimum Gasteiger partial charge on any atom is -0.366 e. The Hall–Kier alpha value is -2.89. The topological polar surface area (TPSA) is 108 Å². The molecule has 4 N–H and O–H groups in total. The normalized spacial score (nSPS) is 12.0. The van der Waals surface area contributed by atoms with Crippen LogP contribution in [0, 0.1) is 13.8 Å². The number of carbonyl (C=O) groups is 2. The molecule has 0 bridgehead atoms. The summed E-state index contributed by atoms with van der Waals surface area (Å²) >= 11 is 0. The van der Waals surface area contributed by atoms with Gasteiger partial charge in [-0.2, -0.15) is 0 Å². The molecule has 2 rings (SSSR count). The van der Waals surface area contributed by atoms with Gasteiger partial charge in [-0.05, 0) is 37.5 Å². The zero-order chi connectivity index (χ0) is 17.3. The second-order valence-corrected chi connectivity index (χ2v) is 5.52. The molecule has 1 aromatic heterocycles. The fraction of sp³-hybridized carbons (Fsp3) is 0.235. The monoisotopic (exact) mass is 313 g/mol. The number of pyridine rings is 1. The van der Waals surface area contributed by atoms with Crippen molar-refractivity contribution < 1.29 is 9.59 Å². The lowest BCUT2D eigenvalue weighted by Crippen LogP contribution is -2.35. The van der Waals surface area contributed by atoms with Crippen LogP contribution in [0.1, 0.15) is 50.4 Å². The van der Waals surface area contributed by atoms with Gasteiger partial charge >= 0.3 is 0 Å². The fourth-order valence-electron chi connectivity index (χ4n) is 2.75. The van der Waals surface area contributed by atoms with Gasteiger partial charge in [0, 0.05) is 6.20 Å². The van der Waals surface area contributed by atoms with Crippen LogP contribution in [0.4, 0.5) is 0 Å². The van der Waals surface area contributed by atoms with Crippen LogP contribution in [-0.4, -0.2) is 16.4 Å². The highest BCUT2D eigenvalue weighted by Gasteiger charge is 2.22. The summed E-state index contributed by atoms with van der Waals surface area (Å²) in [5, 5.41) is 0. The highest BCUT2D eigenvalue weighted by Crippen LogP contribution is 2.21. The van der Waals surface area contributed by atoms with E-state index >= 15 is 0 Å². The van der Waals surface area contributed by atoms with Gasteiger partial charge in [-0.1, -0.05) is 24.3 Å². The Morgan fingerprint density at radius 2 is 1.70 bits per heavy atom. The third kappa shape index (κ3) is 2.88. The number of carbonyl (C=O) groups excluding carboxylic acids is 2. The first-order valence-electron chi connectivity index (χ1n) is 7.16. The van der Waals surface area contributed by atoms with Gasteiger partial charge in [-0.25, -0.2) is 0 Å². The first kappa shape index (κ1) is 16.5. The number of benzene rings is 1. The molecule has 1 heterocycles. The van der Waals surface area contributed by atoms with E-state index in [9.17, 15) is 14.4 Å². The van der Waals surface area contributed by atoms with Crippen LogP contribution >= 0.6 is 0 Å². The van der Waals surface area contributed by atoms with E-state index in [1.165, 1.54) is 17.7 Å². The van der Waals surface area contributed by atoms with Crippen molar-refractivity contribution in [1.29, 1.82) is 0 Å². The minimum absolute atomic E-state index is 0.110. The van der Waals surface area contributed by atoms with E-state index in [2.05, 4.69) is 0 Å². The molecule has 0 aliphatic carbocycles. The van der Waals surface area contributed by atoms with Crippen LogP contribution in [0.3, 0.4) is 0 Å². The quantitative estimate of drug-likeness (QED) is 0.887. The van der Waals surface area contributed by atoms with Crippen LogP contribution in [0.5, 0.6) is 0 Å². The second-order valence-electron chi connectivity index (χ2n) is 5.52. The number of nitrogens with zero attached hydrogens (tertiary/aromatic N) is 1. The van der Waals surface area contributed by atoms with Crippen LogP contribution in [0.15, 0.2) is 35.3 Å². The number of hydrogen-bond donors (Lipinski definition) is 2. The van der Waals surface area contributed by atoms with Gasteiger partial charge in [0.25, 0.3) is 11.5 Å². The molecule has 0 aliphatic rings. The average molecular weight is 313 g/mol. The van der Waals surface area contributed by atoms with Crippen molar-refractivity contribution in [2.75, 3.05) is 0 Å². The van der Waals surface area contributed by atoms with E-state index in [0.717, 1.165) is 11.1 Å². The summed E-state index contributed by atoms with van der Waals surface area (Å²) in [6.07, 6.45) is 1.39. The number of nitrogens with two attached hydrogens (primary N) is 2. The molecule has 0 aliphatic heterocycles. The van der Waals surface area contributed by atoms with Crippen molar-refractivity contribution in [1.82, 2.24) is 4.57 Å². The zero-order valence-electron chi connectivity index (χ0n) is 13.3. The molecule has 1 aromatic carbocycles. The molecule has 23 heavy (non-hydrogen) atoms. The van der Waals surface area contributed by atoms with Gasteiger partial charge in [0.2, 0.25) is 5.91 Å². The summed E-state index contributed by atoms with van der Waals surface area (Å²) in [5.41, 5.74) is 12.2. The van der Waals surface area contributed by atoms with Crippen molar-refractivity contribution in [3.8, 4) is 0 Å². The van der Waals surface area contributed by atoms with E-state index in [-0.39, 0.29) is 22.7 Å². The Kier molecular flexibility index (Phi) is 4.36. The SMILES string of the molecule is Cc1ccccc1C(C)n1cc(C(N)=O)c(C)c(C(N)=O)c1=O. The van der Waals surface area contributed by atoms with E-state index in [4.69, 9.17) is 11.5 Å². The van der Waals surface area contributed by atoms with E-state index < -0.39 is 17.4 Å². The van der Waals surface area contributed by atoms with Gasteiger partial charge in [0.05, 0.1) is 11.6 Å². The third-order valence-electron chi connectivity index (χ3n) is 4.06. The molecule has 6 nitrogen and oxygen atoms in total. The van der Waals surface area contributed by atoms with Gasteiger partial charge < -0.3 is 16.0 Å². The molecule has 6 heteroatoms. The third-order valence-corrected chi connectivity index (χ3v) is 4.06. The lowest BCUT2D eigenvalue weighted by molar-refractivity contribution is 0.0997. The zero-order valence-corrected chi connectivity index (χ0v) is 13.3. The number of rotatable bonds is 4. The van der Waals surface area contributed by atoms with Crippen molar-refractivity contribution in [3.05, 3.63) is 68.6 Å². The van der Waals surface area contributed by atoms with Gasteiger partial charge in [-0.15, -0.1) is 0 Å². The Balaban J connectivity index is 2.77. The molecule has 0 spiro atoms. The Morgan fingerprint density at radius 1 is 1.09 bits per heavy atom. The summed E-state index contributed by atoms with van der Waals surface area (Å²) in [6.45, 7) is 5.23. The van der Waals surface area contributed by atoms with Gasteiger partial charge in [-0.3, -0.25) is 14.4 Å². The standard InChI is InChI=1S/C17H19N3O3/c1-9-6-4-5-7-12(9)11(3)20-8-13(15(18)21)10(2)14(16(19)22)17(20)23/h4-8,11H,1-3H3,(H2,18,21)(H2,19,22). The van der Waals surface area contributed by atoms with E-state index in [1.54, 1.807) is 0 Å².